The summed E-state index contributed by atoms with van der Waals surface area (Å²) < 4.78 is 20.8. The van der Waals surface area contributed by atoms with Crippen LogP contribution in [0.2, 0.25) is 0 Å². The van der Waals surface area contributed by atoms with Crippen LogP contribution in [0.5, 0.6) is 0 Å². The molecule has 0 radical (unpaired) electrons. The molecule has 0 heterocycles. The molecule has 4 nitrogen and oxygen atoms in total. The Kier molecular flexibility index (Phi) is 5.93. The molecule has 64 valence electrons. The van der Waals surface area contributed by atoms with Crippen LogP contribution in [0, 0.1) is 0 Å². The highest BCUT2D eigenvalue weighted by Gasteiger charge is 2.09. The predicted molar refractivity (Wildman–Crippen MR) is 41.9 cm³/mol. The van der Waals surface area contributed by atoms with Gasteiger partial charge >= 0.3 is 0 Å². The van der Waals surface area contributed by atoms with Gasteiger partial charge in [0.25, 0.3) is 6.21 Å². The van der Waals surface area contributed by atoms with E-state index >= 15 is 0 Å². The third-order valence-corrected chi connectivity index (χ3v) is 2.17. The van der Waals surface area contributed by atoms with Gasteiger partial charge in [-0.15, -0.1) is 0 Å². The van der Waals surface area contributed by atoms with E-state index in [4.69, 9.17) is 5.53 Å². The van der Waals surface area contributed by atoms with Gasteiger partial charge in [-0.3, -0.25) is 4.21 Å². The van der Waals surface area contributed by atoms with Crippen molar-refractivity contribution < 1.29 is 13.6 Å². The first-order valence-corrected chi connectivity index (χ1v) is 4.61. The zero-order valence-electron chi connectivity index (χ0n) is 6.40. The molecule has 0 bridgehead atoms. The van der Waals surface area contributed by atoms with E-state index < -0.39 is 16.3 Å². The van der Waals surface area contributed by atoms with E-state index in [1.807, 2.05) is 6.92 Å². The first-order valence-electron chi connectivity index (χ1n) is 3.48. The summed E-state index contributed by atoms with van der Waals surface area (Å²) in [6.45, 7) is 1.97. The van der Waals surface area contributed by atoms with Crippen molar-refractivity contribution in [2.24, 2.45) is 0 Å². The highest BCUT2D eigenvalue weighted by atomic mass is 32.2. The van der Waals surface area contributed by atoms with Crippen LogP contribution in [0.3, 0.4) is 0 Å². The van der Waals surface area contributed by atoms with Gasteiger partial charge in [0.05, 0.1) is 0 Å². The van der Waals surface area contributed by atoms with Crippen LogP contribution in [-0.2, 0) is 11.1 Å². The molecule has 0 saturated heterocycles. The van der Waals surface area contributed by atoms with E-state index in [0.717, 1.165) is 19.1 Å². The summed E-state index contributed by atoms with van der Waals surface area (Å²) in [5.74, 6) is 0. The van der Waals surface area contributed by atoms with Crippen LogP contribution < -0.4 is 0 Å². The lowest BCUT2D eigenvalue weighted by molar-refractivity contribution is 0.00101. The summed E-state index contributed by atoms with van der Waals surface area (Å²) in [5, 5.41) is -0.639. The van der Waals surface area contributed by atoms with Gasteiger partial charge < -0.3 is 10.1 Å². The lowest BCUT2D eigenvalue weighted by Crippen LogP contribution is -2.16. The van der Waals surface area contributed by atoms with Crippen LogP contribution in [0.15, 0.2) is 0 Å². The first-order chi connectivity index (χ1) is 5.22. The van der Waals surface area contributed by atoms with Crippen molar-refractivity contribution in [1.82, 2.24) is 0 Å². The molecular weight excluding hydrogens is 164 g/mol. The van der Waals surface area contributed by atoms with E-state index in [9.17, 15) is 8.76 Å². The van der Waals surface area contributed by atoms with Gasteiger partial charge in [-0.2, -0.15) is 4.79 Å². The minimum Gasteiger partial charge on any atom is -0.772 e. The zero-order chi connectivity index (χ0) is 8.69. The normalized spacial score (nSPS) is 15.1. The topological polar surface area (TPSA) is 76.5 Å². The van der Waals surface area contributed by atoms with E-state index in [0.29, 0.717) is 6.42 Å². The second-order valence-electron chi connectivity index (χ2n) is 2.21. The van der Waals surface area contributed by atoms with Crippen molar-refractivity contribution in [2.75, 3.05) is 0 Å². The lowest BCUT2D eigenvalue weighted by Gasteiger charge is -2.09. The van der Waals surface area contributed by atoms with Gasteiger partial charge in [-0.25, -0.2) is 0 Å². The number of hydrogen-bond donors (Lipinski definition) is 0. The summed E-state index contributed by atoms with van der Waals surface area (Å²) in [7, 11) is 0. The molecule has 2 unspecified atom stereocenters. The highest BCUT2D eigenvalue weighted by molar-refractivity contribution is 7.80. The molecule has 0 aromatic carbocycles. The Morgan fingerprint density at radius 2 is 2.45 bits per heavy atom. The van der Waals surface area contributed by atoms with E-state index in [1.165, 1.54) is 0 Å². The summed E-state index contributed by atoms with van der Waals surface area (Å²) in [6, 6.07) is 0. The molecule has 0 aliphatic carbocycles. The molecule has 2 atom stereocenters. The predicted octanol–water partition coefficient (Wildman–Crippen LogP) is 0.725. The summed E-state index contributed by atoms with van der Waals surface area (Å²) in [5.41, 5.74) is 8.08. The van der Waals surface area contributed by atoms with Gasteiger partial charge in [0, 0.05) is 0 Å². The minimum absolute atomic E-state index is 0.524. The van der Waals surface area contributed by atoms with Crippen LogP contribution in [0.1, 0.15) is 26.2 Å². The zero-order valence-corrected chi connectivity index (χ0v) is 7.21. The van der Waals surface area contributed by atoms with Gasteiger partial charge in [-0.05, 0) is 17.5 Å². The van der Waals surface area contributed by atoms with Crippen LogP contribution in [0.25, 0.3) is 5.53 Å². The Labute approximate surface area is 68.5 Å². The monoisotopic (exact) mass is 175 g/mol. The maximum Gasteiger partial charge on any atom is 0.271 e. The standard InChI is InChI=1S/C6H12N2O2S/c1-2-3-4-6(5-8-7)11(9)10/h5-6H,2-4H2,1H3,(H,9,10)/p-1. The van der Waals surface area contributed by atoms with Crippen molar-refractivity contribution in [3.63, 3.8) is 0 Å². The van der Waals surface area contributed by atoms with E-state index in [1.54, 1.807) is 0 Å². The Hall–Kier alpha value is -0.510. The van der Waals surface area contributed by atoms with Crippen LogP contribution in [0.4, 0.5) is 0 Å². The summed E-state index contributed by atoms with van der Waals surface area (Å²) in [4.78, 5) is 2.69. The van der Waals surface area contributed by atoms with Crippen molar-refractivity contribution in [3.05, 3.63) is 5.53 Å². The van der Waals surface area contributed by atoms with Crippen LogP contribution >= 0.6 is 0 Å². The molecule has 0 amide bonds. The maximum absolute atomic E-state index is 10.4. The van der Waals surface area contributed by atoms with Crippen molar-refractivity contribution in [1.29, 1.82) is 0 Å². The molecule has 0 aromatic heterocycles. The third-order valence-electron chi connectivity index (χ3n) is 1.32. The van der Waals surface area contributed by atoms with Gasteiger partial charge in [0.1, 0.15) is 5.25 Å². The molecule has 0 rings (SSSR count). The smallest absolute Gasteiger partial charge is 0.271 e. The second-order valence-corrected chi connectivity index (χ2v) is 3.33. The van der Waals surface area contributed by atoms with E-state index in [-0.39, 0.29) is 0 Å². The molecule has 0 fully saturated rings. The number of rotatable bonds is 5. The molecule has 0 saturated carbocycles. The van der Waals surface area contributed by atoms with Crippen molar-refractivity contribution in [3.8, 4) is 0 Å². The third kappa shape index (κ3) is 4.84. The highest BCUT2D eigenvalue weighted by Crippen LogP contribution is 2.02. The molecule has 11 heavy (non-hydrogen) atoms. The van der Waals surface area contributed by atoms with Gasteiger partial charge in [-0.1, -0.05) is 19.8 Å². The molecule has 0 aromatic rings. The Bertz CT molecular complexity index is 175. The minimum atomic E-state index is -2.16. The first kappa shape index (κ1) is 10.5. The molecule has 0 spiro atoms. The molecular formula is C6H11N2O2S-. The Morgan fingerprint density at radius 1 is 1.82 bits per heavy atom. The number of hydrogen-bond acceptors (Lipinski definition) is 2. The van der Waals surface area contributed by atoms with Crippen molar-refractivity contribution in [2.45, 2.75) is 31.4 Å². The van der Waals surface area contributed by atoms with Gasteiger partial charge in [0.2, 0.25) is 0 Å². The summed E-state index contributed by atoms with van der Waals surface area (Å²) in [6.07, 6.45) is 3.33. The molecule has 0 aliphatic rings. The van der Waals surface area contributed by atoms with Crippen molar-refractivity contribution >= 4 is 17.3 Å². The fraction of sp³-hybridized carbons (Fsp3) is 0.833. The fourth-order valence-electron chi connectivity index (χ4n) is 0.700. The molecule has 5 heteroatoms. The molecule has 0 aliphatic heterocycles. The average molecular weight is 175 g/mol. The maximum atomic E-state index is 10.4. The van der Waals surface area contributed by atoms with Gasteiger partial charge in [0.15, 0.2) is 0 Å². The second kappa shape index (κ2) is 6.22. The Balaban J connectivity index is 3.89. The number of unbranched alkanes of at least 4 members (excludes halogenated alkanes) is 1. The Morgan fingerprint density at radius 3 is 2.82 bits per heavy atom. The average Bonchev–Trinajstić information content (AvgIpc) is 1.97. The largest absolute Gasteiger partial charge is 0.772 e. The fourth-order valence-corrected chi connectivity index (χ4v) is 1.21. The number of nitrogens with zero attached hydrogens (tertiary/aromatic N) is 2. The van der Waals surface area contributed by atoms with Crippen LogP contribution in [-0.4, -0.2) is 25.0 Å². The lowest BCUT2D eigenvalue weighted by atomic mass is 10.2. The summed E-state index contributed by atoms with van der Waals surface area (Å²) >= 11 is -2.16. The molecule has 0 N–H and O–H groups in total. The SMILES string of the molecule is CCCCC(C=[N+]=[N-])S(=O)[O-]. The quantitative estimate of drug-likeness (QED) is 0.267. The van der Waals surface area contributed by atoms with E-state index in [2.05, 4.69) is 4.79 Å².